The van der Waals surface area contributed by atoms with Crippen LogP contribution in [0.4, 0.5) is 0 Å². The van der Waals surface area contributed by atoms with Crippen molar-refractivity contribution < 1.29 is 0 Å². The van der Waals surface area contributed by atoms with Crippen molar-refractivity contribution in [1.29, 1.82) is 0 Å². The highest BCUT2D eigenvalue weighted by Crippen LogP contribution is 2.17. The lowest BCUT2D eigenvalue weighted by molar-refractivity contribution is 0.385. The van der Waals surface area contributed by atoms with E-state index in [2.05, 4.69) is 48.3 Å². The summed E-state index contributed by atoms with van der Waals surface area (Å²) in [6.07, 6.45) is 0. The predicted molar refractivity (Wildman–Crippen MR) is 63.7 cm³/mol. The van der Waals surface area contributed by atoms with Crippen LogP contribution in [0.2, 0.25) is 0 Å². The quantitative estimate of drug-likeness (QED) is 0.814. The minimum Gasteiger partial charge on any atom is -0.316 e. The number of aryl methyl sites for hydroxylation is 1. The van der Waals surface area contributed by atoms with Gasteiger partial charge in [-0.3, -0.25) is 0 Å². The lowest BCUT2D eigenvalue weighted by atomic mass is 10.1. The van der Waals surface area contributed by atoms with Gasteiger partial charge in [0.2, 0.25) is 0 Å². The topological polar surface area (TPSA) is 12.0 Å². The van der Waals surface area contributed by atoms with Gasteiger partial charge in [-0.15, -0.1) is 0 Å². The SMILES string of the molecule is Cc1ccc(CSCC2CNC2)cc1. The van der Waals surface area contributed by atoms with Crippen LogP contribution in [0.3, 0.4) is 0 Å². The van der Waals surface area contributed by atoms with Crippen LogP contribution >= 0.6 is 11.8 Å². The zero-order valence-corrected chi connectivity index (χ0v) is 9.44. The van der Waals surface area contributed by atoms with Crippen LogP contribution in [0.5, 0.6) is 0 Å². The van der Waals surface area contributed by atoms with Crippen LogP contribution in [0.1, 0.15) is 11.1 Å². The van der Waals surface area contributed by atoms with Crippen LogP contribution in [-0.4, -0.2) is 18.8 Å². The summed E-state index contributed by atoms with van der Waals surface area (Å²) in [5.74, 6) is 3.39. The molecular formula is C12H17NS. The second-order valence-corrected chi connectivity index (χ2v) is 5.06. The molecule has 0 bridgehead atoms. The molecule has 1 aliphatic heterocycles. The molecule has 76 valence electrons. The molecule has 0 aromatic heterocycles. The molecule has 1 N–H and O–H groups in total. The first-order valence-electron chi connectivity index (χ1n) is 5.18. The average Bonchev–Trinajstić information content (AvgIpc) is 2.12. The van der Waals surface area contributed by atoms with Gasteiger partial charge < -0.3 is 5.32 Å². The Labute approximate surface area is 90.3 Å². The third-order valence-electron chi connectivity index (χ3n) is 2.61. The summed E-state index contributed by atoms with van der Waals surface area (Å²) in [7, 11) is 0. The molecular weight excluding hydrogens is 190 g/mol. The second-order valence-electron chi connectivity index (χ2n) is 4.03. The van der Waals surface area contributed by atoms with Gasteiger partial charge in [0.05, 0.1) is 0 Å². The Kier molecular flexibility index (Phi) is 3.49. The van der Waals surface area contributed by atoms with Crippen molar-refractivity contribution in [1.82, 2.24) is 5.32 Å². The van der Waals surface area contributed by atoms with Crippen LogP contribution in [-0.2, 0) is 5.75 Å². The molecule has 0 unspecified atom stereocenters. The Bertz CT molecular complexity index is 277. The van der Waals surface area contributed by atoms with E-state index >= 15 is 0 Å². The predicted octanol–water partition coefficient (Wildman–Crippen LogP) is 2.45. The highest BCUT2D eigenvalue weighted by atomic mass is 32.2. The van der Waals surface area contributed by atoms with Crippen molar-refractivity contribution in [3.8, 4) is 0 Å². The normalized spacial score (nSPS) is 16.6. The number of thioether (sulfide) groups is 1. The Hall–Kier alpha value is -0.470. The first kappa shape index (κ1) is 10.1. The monoisotopic (exact) mass is 207 g/mol. The van der Waals surface area contributed by atoms with E-state index in [-0.39, 0.29) is 0 Å². The summed E-state index contributed by atoms with van der Waals surface area (Å²) in [5.41, 5.74) is 2.80. The van der Waals surface area contributed by atoms with Crippen molar-refractivity contribution >= 4 is 11.8 Å². The average molecular weight is 207 g/mol. The Morgan fingerprint density at radius 3 is 2.57 bits per heavy atom. The van der Waals surface area contributed by atoms with E-state index in [9.17, 15) is 0 Å². The molecule has 1 aromatic rings. The summed E-state index contributed by atoms with van der Waals surface area (Å²) >= 11 is 2.06. The van der Waals surface area contributed by atoms with Crippen molar-refractivity contribution in [3.05, 3.63) is 35.4 Å². The second kappa shape index (κ2) is 4.85. The van der Waals surface area contributed by atoms with Gasteiger partial charge in [-0.2, -0.15) is 11.8 Å². The summed E-state index contributed by atoms with van der Waals surface area (Å²) in [5, 5.41) is 3.30. The van der Waals surface area contributed by atoms with Gasteiger partial charge in [0, 0.05) is 5.75 Å². The van der Waals surface area contributed by atoms with E-state index in [1.54, 1.807) is 0 Å². The minimum absolute atomic E-state index is 0.922. The van der Waals surface area contributed by atoms with Crippen molar-refractivity contribution in [2.24, 2.45) is 5.92 Å². The van der Waals surface area contributed by atoms with Gasteiger partial charge in [0.1, 0.15) is 0 Å². The van der Waals surface area contributed by atoms with Crippen molar-refractivity contribution in [3.63, 3.8) is 0 Å². The molecule has 0 radical (unpaired) electrons. The summed E-state index contributed by atoms with van der Waals surface area (Å²) < 4.78 is 0. The van der Waals surface area contributed by atoms with Crippen LogP contribution < -0.4 is 5.32 Å². The van der Waals surface area contributed by atoms with Crippen molar-refractivity contribution in [2.45, 2.75) is 12.7 Å². The third kappa shape index (κ3) is 2.76. The number of hydrogen-bond donors (Lipinski definition) is 1. The van der Waals surface area contributed by atoms with E-state index in [4.69, 9.17) is 0 Å². The van der Waals surface area contributed by atoms with Gasteiger partial charge in [-0.05, 0) is 37.2 Å². The zero-order chi connectivity index (χ0) is 9.80. The summed E-state index contributed by atoms with van der Waals surface area (Å²) in [6, 6.07) is 8.87. The maximum absolute atomic E-state index is 3.30. The fourth-order valence-corrected chi connectivity index (χ4v) is 2.61. The molecule has 1 aliphatic rings. The molecule has 2 rings (SSSR count). The zero-order valence-electron chi connectivity index (χ0n) is 8.62. The molecule has 0 amide bonds. The van der Waals surface area contributed by atoms with Crippen LogP contribution in [0.15, 0.2) is 24.3 Å². The molecule has 1 fully saturated rings. The molecule has 1 aromatic carbocycles. The van der Waals surface area contributed by atoms with Gasteiger partial charge in [0.15, 0.2) is 0 Å². The van der Waals surface area contributed by atoms with E-state index in [0.717, 1.165) is 11.7 Å². The van der Waals surface area contributed by atoms with Crippen LogP contribution in [0.25, 0.3) is 0 Å². The smallest absolute Gasteiger partial charge is 0.0184 e. The fourth-order valence-electron chi connectivity index (χ4n) is 1.49. The van der Waals surface area contributed by atoms with E-state index in [1.807, 2.05) is 0 Å². The number of hydrogen-bond acceptors (Lipinski definition) is 2. The molecule has 1 nitrogen and oxygen atoms in total. The number of rotatable bonds is 4. The maximum atomic E-state index is 3.30. The summed E-state index contributed by atoms with van der Waals surface area (Å²) in [4.78, 5) is 0. The lowest BCUT2D eigenvalue weighted by Gasteiger charge is -2.26. The standard InChI is InChI=1S/C12H17NS/c1-10-2-4-11(5-3-10)8-14-9-12-6-13-7-12/h2-5,12-13H,6-9H2,1H3. The van der Waals surface area contributed by atoms with E-state index < -0.39 is 0 Å². The minimum atomic E-state index is 0.922. The van der Waals surface area contributed by atoms with Crippen molar-refractivity contribution in [2.75, 3.05) is 18.8 Å². The van der Waals surface area contributed by atoms with Crippen LogP contribution in [0, 0.1) is 12.8 Å². The maximum Gasteiger partial charge on any atom is 0.0184 e. The first-order chi connectivity index (χ1) is 6.84. The summed E-state index contributed by atoms with van der Waals surface area (Å²) in [6.45, 7) is 4.58. The molecule has 0 spiro atoms. The Balaban J connectivity index is 1.71. The fraction of sp³-hybridized carbons (Fsp3) is 0.500. The molecule has 0 aliphatic carbocycles. The van der Waals surface area contributed by atoms with Gasteiger partial charge in [-0.1, -0.05) is 29.8 Å². The first-order valence-corrected chi connectivity index (χ1v) is 6.34. The largest absolute Gasteiger partial charge is 0.316 e. The lowest BCUT2D eigenvalue weighted by Crippen LogP contribution is -2.43. The Morgan fingerprint density at radius 2 is 2.00 bits per heavy atom. The Morgan fingerprint density at radius 1 is 1.29 bits per heavy atom. The van der Waals surface area contributed by atoms with E-state index in [0.29, 0.717) is 0 Å². The number of nitrogens with one attached hydrogen (secondary N) is 1. The third-order valence-corrected chi connectivity index (χ3v) is 3.85. The highest BCUT2D eigenvalue weighted by Gasteiger charge is 2.15. The number of benzene rings is 1. The van der Waals surface area contributed by atoms with Gasteiger partial charge in [0.25, 0.3) is 0 Å². The molecule has 1 saturated heterocycles. The highest BCUT2D eigenvalue weighted by molar-refractivity contribution is 7.98. The van der Waals surface area contributed by atoms with E-state index in [1.165, 1.54) is 30.0 Å². The molecule has 0 saturated carbocycles. The molecule has 14 heavy (non-hydrogen) atoms. The molecule has 1 heterocycles. The van der Waals surface area contributed by atoms with Gasteiger partial charge >= 0.3 is 0 Å². The van der Waals surface area contributed by atoms with Gasteiger partial charge in [-0.25, -0.2) is 0 Å². The molecule has 0 atom stereocenters. The molecule has 2 heteroatoms.